The topological polar surface area (TPSA) is 54.2 Å². The van der Waals surface area contributed by atoms with Gasteiger partial charge in [-0.15, -0.1) is 0 Å². The molecule has 0 fully saturated rings. The summed E-state index contributed by atoms with van der Waals surface area (Å²) in [4.78, 5) is 4.37. The summed E-state index contributed by atoms with van der Waals surface area (Å²) in [5.74, 6) is 0.914. The highest BCUT2D eigenvalue weighted by molar-refractivity contribution is 5.80. The van der Waals surface area contributed by atoms with Gasteiger partial charge in [0.1, 0.15) is 0 Å². The number of aryl methyl sites for hydroxylation is 2. The SMILES string of the molecule is CCc1nn(C)cc1CNC1=NCCCN1. The van der Waals surface area contributed by atoms with E-state index in [-0.39, 0.29) is 0 Å². The molecule has 0 aromatic carbocycles. The van der Waals surface area contributed by atoms with E-state index in [2.05, 4.69) is 33.8 Å². The van der Waals surface area contributed by atoms with Gasteiger partial charge in [-0.2, -0.15) is 5.10 Å². The van der Waals surface area contributed by atoms with Crippen LogP contribution in [-0.4, -0.2) is 28.8 Å². The van der Waals surface area contributed by atoms with E-state index in [1.165, 1.54) is 5.56 Å². The Morgan fingerprint density at radius 3 is 3.12 bits per heavy atom. The third-order valence-electron chi connectivity index (χ3n) is 2.67. The molecule has 88 valence electrons. The van der Waals surface area contributed by atoms with E-state index in [1.807, 2.05) is 11.7 Å². The highest BCUT2D eigenvalue weighted by Gasteiger charge is 2.07. The standard InChI is InChI=1S/C11H19N5/c1-3-10-9(8-16(2)15-10)7-14-11-12-5-4-6-13-11/h8H,3-7H2,1-2H3,(H2,12,13,14). The van der Waals surface area contributed by atoms with Crippen molar-refractivity contribution in [1.29, 1.82) is 0 Å². The molecule has 0 atom stereocenters. The Kier molecular flexibility index (Phi) is 3.44. The molecule has 0 saturated heterocycles. The first-order valence-corrected chi connectivity index (χ1v) is 5.83. The van der Waals surface area contributed by atoms with Crippen molar-refractivity contribution in [2.24, 2.45) is 12.0 Å². The minimum atomic E-state index is 0.794. The van der Waals surface area contributed by atoms with Gasteiger partial charge in [0.15, 0.2) is 5.96 Å². The van der Waals surface area contributed by atoms with Crippen LogP contribution >= 0.6 is 0 Å². The molecule has 1 aliphatic heterocycles. The molecule has 2 N–H and O–H groups in total. The van der Waals surface area contributed by atoms with E-state index in [1.54, 1.807) is 0 Å². The molecular weight excluding hydrogens is 202 g/mol. The van der Waals surface area contributed by atoms with Gasteiger partial charge in [0.25, 0.3) is 0 Å². The van der Waals surface area contributed by atoms with Gasteiger partial charge in [-0.1, -0.05) is 6.92 Å². The van der Waals surface area contributed by atoms with Crippen LogP contribution in [0.15, 0.2) is 11.2 Å². The quantitative estimate of drug-likeness (QED) is 0.778. The molecule has 0 bridgehead atoms. The van der Waals surface area contributed by atoms with Crippen LogP contribution in [-0.2, 0) is 20.0 Å². The summed E-state index contributed by atoms with van der Waals surface area (Å²) >= 11 is 0. The fraction of sp³-hybridized carbons (Fsp3) is 0.636. The predicted molar refractivity (Wildman–Crippen MR) is 64.3 cm³/mol. The number of aliphatic imine (C=N–C) groups is 1. The van der Waals surface area contributed by atoms with E-state index >= 15 is 0 Å². The van der Waals surface area contributed by atoms with Gasteiger partial charge in [0.2, 0.25) is 0 Å². The van der Waals surface area contributed by atoms with Crippen molar-refractivity contribution in [2.75, 3.05) is 13.1 Å². The molecule has 0 aliphatic carbocycles. The zero-order valence-electron chi connectivity index (χ0n) is 9.95. The summed E-state index contributed by atoms with van der Waals surface area (Å²) in [6, 6.07) is 0. The van der Waals surface area contributed by atoms with Crippen molar-refractivity contribution < 1.29 is 0 Å². The van der Waals surface area contributed by atoms with Crippen molar-refractivity contribution in [3.8, 4) is 0 Å². The van der Waals surface area contributed by atoms with Crippen molar-refractivity contribution in [3.63, 3.8) is 0 Å². The first-order chi connectivity index (χ1) is 7.79. The fourth-order valence-corrected chi connectivity index (χ4v) is 1.86. The van der Waals surface area contributed by atoms with Gasteiger partial charge in [0.05, 0.1) is 5.69 Å². The molecule has 0 spiro atoms. The smallest absolute Gasteiger partial charge is 0.191 e. The summed E-state index contributed by atoms with van der Waals surface area (Å²) in [5, 5.41) is 11.0. The molecule has 2 rings (SSSR count). The molecule has 0 amide bonds. The van der Waals surface area contributed by atoms with E-state index in [0.29, 0.717) is 0 Å². The Labute approximate surface area is 95.9 Å². The average molecular weight is 221 g/mol. The first-order valence-electron chi connectivity index (χ1n) is 5.83. The van der Waals surface area contributed by atoms with Gasteiger partial charge in [-0.3, -0.25) is 9.67 Å². The van der Waals surface area contributed by atoms with E-state index in [9.17, 15) is 0 Å². The fourth-order valence-electron chi connectivity index (χ4n) is 1.86. The monoisotopic (exact) mass is 221 g/mol. The minimum Gasteiger partial charge on any atom is -0.356 e. The van der Waals surface area contributed by atoms with Gasteiger partial charge >= 0.3 is 0 Å². The summed E-state index contributed by atoms with van der Waals surface area (Å²) in [6.45, 7) is 4.85. The van der Waals surface area contributed by atoms with E-state index in [4.69, 9.17) is 0 Å². The van der Waals surface area contributed by atoms with Crippen LogP contribution in [0.25, 0.3) is 0 Å². The third-order valence-corrected chi connectivity index (χ3v) is 2.67. The molecule has 1 aromatic heterocycles. The second kappa shape index (κ2) is 5.01. The van der Waals surface area contributed by atoms with Gasteiger partial charge in [0, 0.05) is 38.4 Å². The van der Waals surface area contributed by atoms with Crippen molar-refractivity contribution >= 4 is 5.96 Å². The Hall–Kier alpha value is -1.52. The molecule has 5 heteroatoms. The molecule has 16 heavy (non-hydrogen) atoms. The maximum atomic E-state index is 4.41. The zero-order chi connectivity index (χ0) is 11.4. The number of nitrogens with zero attached hydrogens (tertiary/aromatic N) is 3. The summed E-state index contributed by atoms with van der Waals surface area (Å²) in [5.41, 5.74) is 2.41. The van der Waals surface area contributed by atoms with Crippen molar-refractivity contribution in [2.45, 2.75) is 26.3 Å². The molecule has 0 unspecified atom stereocenters. The largest absolute Gasteiger partial charge is 0.356 e. The van der Waals surface area contributed by atoms with Gasteiger partial charge < -0.3 is 10.6 Å². The summed E-state index contributed by atoms with van der Waals surface area (Å²) < 4.78 is 1.87. The lowest BCUT2D eigenvalue weighted by molar-refractivity contribution is 0.701. The Balaban J connectivity index is 1.95. The molecule has 0 saturated carbocycles. The number of rotatable bonds is 3. The number of hydrogen-bond donors (Lipinski definition) is 2. The summed E-state index contributed by atoms with van der Waals surface area (Å²) in [7, 11) is 1.96. The lowest BCUT2D eigenvalue weighted by Crippen LogP contribution is -2.40. The number of nitrogens with one attached hydrogen (secondary N) is 2. The molecule has 2 heterocycles. The highest BCUT2D eigenvalue weighted by atomic mass is 15.3. The second-order valence-electron chi connectivity index (χ2n) is 3.99. The molecule has 1 aromatic rings. The predicted octanol–water partition coefficient (Wildman–Crippen LogP) is 0.421. The zero-order valence-corrected chi connectivity index (χ0v) is 9.95. The van der Waals surface area contributed by atoms with Gasteiger partial charge in [-0.25, -0.2) is 0 Å². The van der Waals surface area contributed by atoms with Crippen LogP contribution in [0.3, 0.4) is 0 Å². The van der Waals surface area contributed by atoms with Crippen LogP contribution in [0.1, 0.15) is 24.6 Å². The molecule has 5 nitrogen and oxygen atoms in total. The molecular formula is C11H19N5. The number of guanidine groups is 1. The first kappa shape index (κ1) is 11.0. The Bertz CT molecular complexity index is 380. The highest BCUT2D eigenvalue weighted by Crippen LogP contribution is 2.06. The van der Waals surface area contributed by atoms with E-state index in [0.717, 1.165) is 44.1 Å². The maximum Gasteiger partial charge on any atom is 0.191 e. The van der Waals surface area contributed by atoms with Crippen LogP contribution in [0.2, 0.25) is 0 Å². The molecule has 1 aliphatic rings. The molecule has 0 radical (unpaired) electrons. The lowest BCUT2D eigenvalue weighted by Gasteiger charge is -2.15. The average Bonchev–Trinajstić information content (AvgIpc) is 2.68. The third kappa shape index (κ3) is 2.53. The summed E-state index contributed by atoms with van der Waals surface area (Å²) in [6.07, 6.45) is 4.16. The Morgan fingerprint density at radius 2 is 2.44 bits per heavy atom. The maximum absolute atomic E-state index is 4.41. The number of hydrogen-bond acceptors (Lipinski definition) is 4. The Morgan fingerprint density at radius 1 is 1.56 bits per heavy atom. The van der Waals surface area contributed by atoms with Gasteiger partial charge in [-0.05, 0) is 12.8 Å². The van der Waals surface area contributed by atoms with Crippen LogP contribution in [0.5, 0.6) is 0 Å². The lowest BCUT2D eigenvalue weighted by atomic mass is 10.2. The van der Waals surface area contributed by atoms with Crippen LogP contribution in [0, 0.1) is 0 Å². The second-order valence-corrected chi connectivity index (χ2v) is 3.99. The number of aromatic nitrogens is 2. The van der Waals surface area contributed by atoms with Crippen molar-refractivity contribution in [1.82, 2.24) is 20.4 Å². The minimum absolute atomic E-state index is 0.794. The normalized spacial score (nSPS) is 15.5. The van der Waals surface area contributed by atoms with Crippen LogP contribution in [0.4, 0.5) is 0 Å². The van der Waals surface area contributed by atoms with E-state index < -0.39 is 0 Å². The van der Waals surface area contributed by atoms with Crippen LogP contribution < -0.4 is 10.6 Å². The van der Waals surface area contributed by atoms with Crippen molar-refractivity contribution in [3.05, 3.63) is 17.5 Å².